The van der Waals surface area contributed by atoms with E-state index < -0.39 is 5.91 Å². The molecule has 0 aliphatic carbocycles. The number of benzene rings is 1. The fourth-order valence-corrected chi connectivity index (χ4v) is 5.59. The van der Waals surface area contributed by atoms with Crippen LogP contribution in [0, 0.1) is 6.92 Å². The van der Waals surface area contributed by atoms with Crippen molar-refractivity contribution in [1.82, 2.24) is 19.7 Å². The highest BCUT2D eigenvalue weighted by Gasteiger charge is 2.40. The lowest BCUT2D eigenvalue weighted by Gasteiger charge is -2.36. The van der Waals surface area contributed by atoms with Crippen LogP contribution in [0.4, 0.5) is 0 Å². The lowest BCUT2D eigenvalue weighted by Crippen LogP contribution is -2.40. The standard InChI is InChI=1S/C20H23N5OS/c1-11-10-27-20(22-11)12-3-6-16-17(7-12)25(23-18(16)19(21)26)15-8-13-4-5-14(9-15)24(13)2/h3,6-7,10,13-15H,4-5,8-9H2,1-2H3,(H2,21,26). The van der Waals surface area contributed by atoms with Crippen LogP contribution in [0.1, 0.15) is 47.9 Å². The first-order valence-electron chi connectivity index (χ1n) is 9.48. The molecule has 2 fully saturated rings. The third-order valence-corrected chi connectivity index (χ3v) is 7.24. The summed E-state index contributed by atoms with van der Waals surface area (Å²) >= 11 is 1.64. The van der Waals surface area contributed by atoms with Crippen molar-refractivity contribution >= 4 is 28.1 Å². The largest absolute Gasteiger partial charge is 0.364 e. The van der Waals surface area contributed by atoms with E-state index in [1.54, 1.807) is 11.3 Å². The van der Waals surface area contributed by atoms with Gasteiger partial charge in [0.25, 0.3) is 5.91 Å². The number of nitrogens with zero attached hydrogens (tertiary/aromatic N) is 4. The maximum atomic E-state index is 12.0. The van der Waals surface area contributed by atoms with Crippen LogP contribution in [-0.4, -0.2) is 44.7 Å². The summed E-state index contributed by atoms with van der Waals surface area (Å²) in [5.41, 5.74) is 9.08. The van der Waals surface area contributed by atoms with E-state index in [0.717, 1.165) is 40.0 Å². The second-order valence-corrected chi connectivity index (χ2v) is 8.72. The first-order chi connectivity index (χ1) is 13.0. The van der Waals surface area contributed by atoms with Crippen LogP contribution < -0.4 is 5.73 Å². The molecule has 2 bridgehead atoms. The minimum Gasteiger partial charge on any atom is -0.364 e. The Bertz CT molecular complexity index is 1020. The minimum absolute atomic E-state index is 0.308. The number of thiazole rings is 1. The van der Waals surface area contributed by atoms with Crippen molar-refractivity contribution in [3.63, 3.8) is 0 Å². The Balaban J connectivity index is 1.63. The SMILES string of the molecule is Cc1csc(-c2ccc3c(C(N)=O)nn(C4CC5CCC(C4)N5C)c3c2)n1. The Labute approximate surface area is 162 Å². The summed E-state index contributed by atoms with van der Waals surface area (Å²) < 4.78 is 2.07. The van der Waals surface area contributed by atoms with E-state index in [1.807, 2.05) is 19.1 Å². The number of aromatic nitrogens is 3. The van der Waals surface area contributed by atoms with E-state index in [9.17, 15) is 4.79 Å². The van der Waals surface area contributed by atoms with E-state index in [0.29, 0.717) is 23.8 Å². The van der Waals surface area contributed by atoms with Gasteiger partial charge in [-0.25, -0.2) is 4.98 Å². The number of nitrogens with two attached hydrogens (primary N) is 1. The minimum atomic E-state index is -0.465. The highest BCUT2D eigenvalue weighted by Crippen LogP contribution is 2.41. The fourth-order valence-electron chi connectivity index (χ4n) is 4.80. The summed E-state index contributed by atoms with van der Waals surface area (Å²) in [7, 11) is 2.23. The van der Waals surface area contributed by atoms with Crippen LogP contribution in [-0.2, 0) is 0 Å². The number of hydrogen-bond donors (Lipinski definition) is 1. The summed E-state index contributed by atoms with van der Waals surface area (Å²) in [4.78, 5) is 19.1. The number of primary amides is 1. The van der Waals surface area contributed by atoms with Gasteiger partial charge in [-0.15, -0.1) is 11.3 Å². The second kappa shape index (κ2) is 6.14. The molecule has 2 aliphatic rings. The summed E-state index contributed by atoms with van der Waals surface area (Å²) in [5.74, 6) is -0.465. The van der Waals surface area contributed by atoms with Crippen LogP contribution in [0.15, 0.2) is 23.6 Å². The zero-order chi connectivity index (χ0) is 18.7. The molecule has 2 atom stereocenters. The van der Waals surface area contributed by atoms with Gasteiger partial charge >= 0.3 is 0 Å². The molecule has 1 amide bonds. The number of fused-ring (bicyclic) bond motifs is 3. The number of aryl methyl sites for hydroxylation is 1. The fraction of sp³-hybridized carbons (Fsp3) is 0.450. The molecule has 2 aromatic heterocycles. The molecule has 2 N–H and O–H groups in total. The van der Waals surface area contributed by atoms with Gasteiger partial charge in [0.15, 0.2) is 5.69 Å². The Kier molecular flexibility index (Phi) is 3.84. The van der Waals surface area contributed by atoms with Crippen LogP contribution in [0.2, 0.25) is 0 Å². The molecule has 3 aromatic rings. The van der Waals surface area contributed by atoms with Gasteiger partial charge in [-0.05, 0) is 51.8 Å². The molecule has 2 unspecified atom stereocenters. The molecule has 7 heteroatoms. The number of piperidine rings is 1. The van der Waals surface area contributed by atoms with E-state index >= 15 is 0 Å². The number of carbonyl (C=O) groups is 1. The highest BCUT2D eigenvalue weighted by atomic mass is 32.1. The van der Waals surface area contributed by atoms with Crippen molar-refractivity contribution in [2.24, 2.45) is 5.73 Å². The lowest BCUT2D eigenvalue weighted by atomic mass is 9.98. The molecule has 0 radical (unpaired) electrons. The van der Waals surface area contributed by atoms with Gasteiger partial charge in [-0.3, -0.25) is 9.48 Å². The smallest absolute Gasteiger partial charge is 0.269 e. The molecule has 0 saturated carbocycles. The second-order valence-electron chi connectivity index (χ2n) is 7.86. The Morgan fingerprint density at radius 3 is 2.59 bits per heavy atom. The predicted molar refractivity (Wildman–Crippen MR) is 107 cm³/mol. The van der Waals surface area contributed by atoms with Gasteiger partial charge < -0.3 is 10.6 Å². The molecule has 5 rings (SSSR count). The van der Waals surface area contributed by atoms with E-state index in [4.69, 9.17) is 5.73 Å². The first kappa shape index (κ1) is 16.9. The normalized spacial score (nSPS) is 25.3. The highest BCUT2D eigenvalue weighted by molar-refractivity contribution is 7.13. The third kappa shape index (κ3) is 2.68. The van der Waals surface area contributed by atoms with Crippen LogP contribution in [0.3, 0.4) is 0 Å². The van der Waals surface area contributed by atoms with Crippen molar-refractivity contribution < 1.29 is 4.79 Å². The van der Waals surface area contributed by atoms with Crippen molar-refractivity contribution in [1.29, 1.82) is 0 Å². The molecular formula is C20H23N5OS. The van der Waals surface area contributed by atoms with Crippen LogP contribution in [0.5, 0.6) is 0 Å². The van der Waals surface area contributed by atoms with Gasteiger partial charge in [0.1, 0.15) is 5.01 Å². The van der Waals surface area contributed by atoms with Gasteiger partial charge in [0.2, 0.25) is 0 Å². The first-order valence-corrected chi connectivity index (χ1v) is 10.4. The summed E-state index contributed by atoms with van der Waals surface area (Å²) in [6.07, 6.45) is 4.65. The van der Waals surface area contributed by atoms with Gasteiger partial charge in [-0.2, -0.15) is 5.10 Å². The molecule has 2 aliphatic heterocycles. The third-order valence-electron chi connectivity index (χ3n) is 6.23. The van der Waals surface area contributed by atoms with Crippen molar-refractivity contribution in [3.8, 4) is 10.6 Å². The molecule has 6 nitrogen and oxygen atoms in total. The van der Waals surface area contributed by atoms with Crippen LogP contribution in [0.25, 0.3) is 21.5 Å². The predicted octanol–water partition coefficient (Wildman–Crippen LogP) is 3.36. The molecule has 27 heavy (non-hydrogen) atoms. The summed E-state index contributed by atoms with van der Waals surface area (Å²) in [6, 6.07) is 7.62. The Hall–Kier alpha value is -2.25. The van der Waals surface area contributed by atoms with Gasteiger partial charge in [0, 0.05) is 34.1 Å². The molecular weight excluding hydrogens is 358 g/mol. The summed E-state index contributed by atoms with van der Waals surface area (Å²) in [6.45, 7) is 2.00. The maximum Gasteiger partial charge on any atom is 0.269 e. The number of hydrogen-bond acceptors (Lipinski definition) is 5. The zero-order valence-corrected chi connectivity index (χ0v) is 16.4. The quantitative estimate of drug-likeness (QED) is 0.755. The molecule has 0 spiro atoms. The van der Waals surface area contributed by atoms with Crippen LogP contribution >= 0.6 is 11.3 Å². The number of rotatable bonds is 3. The zero-order valence-electron chi connectivity index (χ0n) is 15.6. The average molecular weight is 382 g/mol. The average Bonchev–Trinajstić information content (AvgIpc) is 3.28. The maximum absolute atomic E-state index is 12.0. The van der Waals surface area contributed by atoms with E-state index in [-0.39, 0.29) is 0 Å². The Morgan fingerprint density at radius 1 is 1.22 bits per heavy atom. The van der Waals surface area contributed by atoms with E-state index in [2.05, 4.69) is 38.2 Å². The molecule has 2 saturated heterocycles. The Morgan fingerprint density at radius 2 is 1.96 bits per heavy atom. The topological polar surface area (TPSA) is 77.0 Å². The molecule has 4 heterocycles. The summed E-state index contributed by atoms with van der Waals surface area (Å²) in [5, 5.41) is 8.57. The number of carbonyl (C=O) groups excluding carboxylic acids is 1. The van der Waals surface area contributed by atoms with Crippen molar-refractivity contribution in [2.75, 3.05) is 7.05 Å². The van der Waals surface area contributed by atoms with Crippen molar-refractivity contribution in [3.05, 3.63) is 35.0 Å². The van der Waals surface area contributed by atoms with Gasteiger partial charge in [-0.1, -0.05) is 6.07 Å². The van der Waals surface area contributed by atoms with Crippen molar-refractivity contribution in [2.45, 2.75) is 50.7 Å². The lowest BCUT2D eigenvalue weighted by molar-refractivity contribution is 0.0993. The van der Waals surface area contributed by atoms with E-state index in [1.165, 1.54) is 12.8 Å². The number of amides is 1. The van der Waals surface area contributed by atoms with Gasteiger partial charge in [0.05, 0.1) is 11.6 Å². The molecule has 140 valence electrons. The molecule has 1 aromatic carbocycles. The monoisotopic (exact) mass is 381 g/mol.